The average molecular weight is 417 g/mol. The van der Waals surface area contributed by atoms with Gasteiger partial charge in [0.2, 0.25) is 0 Å². The Morgan fingerprint density at radius 2 is 1.82 bits per heavy atom. The Bertz CT molecular complexity index is 883. The third-order valence-electron chi connectivity index (χ3n) is 4.06. The van der Waals surface area contributed by atoms with Crippen molar-refractivity contribution < 1.29 is 28.0 Å². The summed E-state index contributed by atoms with van der Waals surface area (Å²) in [7, 11) is 0. The van der Waals surface area contributed by atoms with Crippen LogP contribution in [0.1, 0.15) is 24.5 Å². The van der Waals surface area contributed by atoms with E-state index in [-0.39, 0.29) is 12.1 Å². The third kappa shape index (κ3) is 5.43. The van der Waals surface area contributed by atoms with Crippen LogP contribution in [0, 0.1) is 10.1 Å². The van der Waals surface area contributed by atoms with Gasteiger partial charge in [0.1, 0.15) is 11.2 Å². The van der Waals surface area contributed by atoms with Crippen LogP contribution in [0.25, 0.3) is 0 Å². The number of nitro benzene ring substituents is 1. The van der Waals surface area contributed by atoms with Crippen molar-refractivity contribution in [2.24, 2.45) is 0 Å². The van der Waals surface area contributed by atoms with Crippen molar-refractivity contribution in [3.63, 3.8) is 0 Å². The Kier molecular flexibility index (Phi) is 6.30. The number of nitrogens with one attached hydrogen (secondary N) is 1. The molecule has 2 aromatic carbocycles. The van der Waals surface area contributed by atoms with Gasteiger partial charge in [-0.25, -0.2) is 0 Å². The number of aliphatic hydroxyl groups is 1. The zero-order chi connectivity index (χ0) is 21.1. The second-order valence-electron chi connectivity index (χ2n) is 6.34. The lowest BCUT2D eigenvalue weighted by Gasteiger charge is -2.22. The minimum Gasteiger partial charge on any atom is -0.380 e. The molecule has 28 heavy (non-hydrogen) atoms. The van der Waals surface area contributed by atoms with Crippen LogP contribution in [0.5, 0.6) is 0 Å². The smallest absolute Gasteiger partial charge is 0.380 e. The van der Waals surface area contributed by atoms with Crippen molar-refractivity contribution in [3.8, 4) is 0 Å². The molecule has 0 unspecified atom stereocenters. The first-order valence-corrected chi connectivity index (χ1v) is 8.42. The molecule has 0 aliphatic heterocycles. The van der Waals surface area contributed by atoms with Gasteiger partial charge in [0.15, 0.2) is 0 Å². The molecule has 0 bridgehead atoms. The van der Waals surface area contributed by atoms with E-state index in [9.17, 15) is 33.2 Å². The maximum Gasteiger partial charge on any atom is 0.423 e. The quantitative estimate of drug-likeness (QED) is 0.532. The molecule has 0 heterocycles. The molecule has 1 atom stereocenters. The Balaban J connectivity index is 2.14. The van der Waals surface area contributed by atoms with Crippen molar-refractivity contribution in [1.29, 1.82) is 0 Å². The highest BCUT2D eigenvalue weighted by molar-refractivity contribution is 6.30. The lowest BCUT2D eigenvalue weighted by molar-refractivity contribution is -0.388. The minimum absolute atomic E-state index is 0.000422. The summed E-state index contributed by atoms with van der Waals surface area (Å²) < 4.78 is 39.1. The Labute approximate surface area is 163 Å². The predicted molar refractivity (Wildman–Crippen MR) is 97.1 cm³/mol. The van der Waals surface area contributed by atoms with Gasteiger partial charge in [0, 0.05) is 16.8 Å². The van der Waals surface area contributed by atoms with Gasteiger partial charge >= 0.3 is 6.18 Å². The maximum atomic E-state index is 13.0. The molecule has 150 valence electrons. The van der Waals surface area contributed by atoms with Crippen molar-refractivity contribution >= 4 is 28.9 Å². The van der Waals surface area contributed by atoms with Gasteiger partial charge in [0.25, 0.3) is 11.6 Å². The van der Waals surface area contributed by atoms with Crippen LogP contribution >= 0.6 is 11.6 Å². The van der Waals surface area contributed by atoms with Crippen molar-refractivity contribution in [3.05, 3.63) is 68.7 Å². The van der Waals surface area contributed by atoms with E-state index in [2.05, 4.69) is 5.32 Å². The lowest BCUT2D eigenvalue weighted by Crippen LogP contribution is -2.40. The molecule has 0 aromatic heterocycles. The van der Waals surface area contributed by atoms with Gasteiger partial charge in [0.05, 0.1) is 4.92 Å². The molecule has 2 N–H and O–H groups in total. The summed E-state index contributed by atoms with van der Waals surface area (Å²) in [6.45, 7) is 1.23. The van der Waals surface area contributed by atoms with Crippen LogP contribution in [0.15, 0.2) is 42.5 Å². The molecule has 1 amide bonds. The number of alkyl halides is 3. The Morgan fingerprint density at radius 3 is 2.36 bits per heavy atom. The highest BCUT2D eigenvalue weighted by atomic mass is 35.5. The SMILES string of the molecule is C[C@](O)(CCc1ccc(Cl)cc1)C(=O)Nc1ccc([N+](=O)[O-])c(C(F)(F)F)c1. The van der Waals surface area contributed by atoms with Gasteiger partial charge in [-0.1, -0.05) is 23.7 Å². The number of nitrogens with zero attached hydrogens (tertiary/aromatic N) is 1. The van der Waals surface area contributed by atoms with Crippen LogP contribution in [-0.2, 0) is 17.4 Å². The van der Waals surface area contributed by atoms with Crippen LogP contribution < -0.4 is 5.32 Å². The van der Waals surface area contributed by atoms with Gasteiger partial charge in [-0.15, -0.1) is 0 Å². The molecule has 10 heteroatoms. The van der Waals surface area contributed by atoms with Crippen LogP contribution in [0.2, 0.25) is 5.02 Å². The van der Waals surface area contributed by atoms with Gasteiger partial charge in [-0.05, 0) is 49.6 Å². The normalized spacial score (nSPS) is 13.6. The van der Waals surface area contributed by atoms with Gasteiger partial charge < -0.3 is 10.4 Å². The van der Waals surface area contributed by atoms with Crippen LogP contribution in [0.4, 0.5) is 24.5 Å². The molecular formula is C18H16ClF3N2O4. The van der Waals surface area contributed by atoms with E-state index in [4.69, 9.17) is 11.6 Å². The van der Waals surface area contributed by atoms with E-state index in [0.717, 1.165) is 11.6 Å². The zero-order valence-corrected chi connectivity index (χ0v) is 15.3. The van der Waals surface area contributed by atoms with E-state index in [1.54, 1.807) is 24.3 Å². The number of hydrogen-bond donors (Lipinski definition) is 2. The number of aryl methyl sites for hydroxylation is 1. The molecule has 0 saturated heterocycles. The van der Waals surface area contributed by atoms with Crippen LogP contribution in [0.3, 0.4) is 0 Å². The minimum atomic E-state index is -4.97. The van der Waals surface area contributed by atoms with Crippen LogP contribution in [-0.4, -0.2) is 21.5 Å². The van der Waals surface area contributed by atoms with Crippen molar-refractivity contribution in [1.82, 2.24) is 0 Å². The number of amides is 1. The Hall–Kier alpha value is -2.65. The first-order chi connectivity index (χ1) is 12.9. The van der Waals surface area contributed by atoms with E-state index < -0.39 is 33.9 Å². The first-order valence-electron chi connectivity index (χ1n) is 8.04. The summed E-state index contributed by atoms with van der Waals surface area (Å²) in [5.41, 5.74) is -3.99. The average Bonchev–Trinajstić information content (AvgIpc) is 2.60. The summed E-state index contributed by atoms with van der Waals surface area (Å²) in [5, 5.41) is 23.8. The Morgan fingerprint density at radius 1 is 1.21 bits per heavy atom. The largest absolute Gasteiger partial charge is 0.423 e. The molecule has 6 nitrogen and oxygen atoms in total. The maximum absolute atomic E-state index is 13.0. The zero-order valence-electron chi connectivity index (χ0n) is 14.6. The van der Waals surface area contributed by atoms with Gasteiger partial charge in [-0.2, -0.15) is 13.2 Å². The van der Waals surface area contributed by atoms with E-state index in [0.29, 0.717) is 23.6 Å². The fourth-order valence-corrected chi connectivity index (χ4v) is 2.54. The number of rotatable bonds is 6. The first kappa shape index (κ1) is 21.6. The molecular weight excluding hydrogens is 401 g/mol. The summed E-state index contributed by atoms with van der Waals surface area (Å²) in [5.74, 6) is -0.927. The molecule has 2 aromatic rings. The van der Waals surface area contributed by atoms with E-state index in [1.165, 1.54) is 6.92 Å². The fourth-order valence-electron chi connectivity index (χ4n) is 2.42. The molecule has 0 aliphatic carbocycles. The number of hydrogen-bond acceptors (Lipinski definition) is 4. The topological polar surface area (TPSA) is 92.5 Å². The molecule has 2 rings (SSSR count). The molecule has 0 saturated carbocycles. The second kappa shape index (κ2) is 8.15. The number of carbonyl (C=O) groups is 1. The molecule has 0 fully saturated rings. The van der Waals surface area contributed by atoms with E-state index >= 15 is 0 Å². The summed E-state index contributed by atoms with van der Waals surface area (Å²) in [6.07, 6.45) is -4.65. The highest BCUT2D eigenvalue weighted by Gasteiger charge is 2.39. The van der Waals surface area contributed by atoms with Crippen molar-refractivity contribution in [2.45, 2.75) is 31.5 Å². The molecule has 0 spiro atoms. The number of anilines is 1. The molecule has 0 aliphatic rings. The summed E-state index contributed by atoms with van der Waals surface area (Å²) >= 11 is 5.78. The number of carbonyl (C=O) groups excluding carboxylic acids is 1. The predicted octanol–water partition coefficient (Wildman–Crippen LogP) is 4.59. The third-order valence-corrected chi connectivity index (χ3v) is 4.31. The van der Waals surface area contributed by atoms with Gasteiger partial charge in [-0.3, -0.25) is 14.9 Å². The highest BCUT2D eigenvalue weighted by Crippen LogP contribution is 2.37. The molecule has 0 radical (unpaired) electrons. The number of halogens is 4. The fraction of sp³-hybridized carbons (Fsp3) is 0.278. The summed E-state index contributed by atoms with van der Waals surface area (Å²) in [4.78, 5) is 21.9. The van der Waals surface area contributed by atoms with Crippen molar-refractivity contribution in [2.75, 3.05) is 5.32 Å². The number of benzene rings is 2. The number of nitro groups is 1. The van der Waals surface area contributed by atoms with E-state index in [1.807, 2.05) is 0 Å². The second-order valence-corrected chi connectivity index (χ2v) is 6.78. The monoisotopic (exact) mass is 416 g/mol. The standard InChI is InChI=1S/C18H16ClF3N2O4/c1-17(26,9-8-11-2-4-12(19)5-3-11)16(25)23-13-6-7-15(24(27)28)14(10-13)18(20,21)22/h2-7,10,26H,8-9H2,1H3,(H,23,25)/t17-/m0/s1. The summed E-state index contributed by atoms with van der Waals surface area (Å²) in [6, 6.07) is 8.85. The lowest BCUT2D eigenvalue weighted by atomic mass is 9.95.